The highest BCUT2D eigenvalue weighted by Crippen LogP contribution is 2.35. The molecule has 0 bridgehead atoms. The lowest BCUT2D eigenvalue weighted by atomic mass is 9.92. The molecule has 2 N–H and O–H groups in total. The van der Waals surface area contributed by atoms with Crippen LogP contribution in [0.3, 0.4) is 0 Å². The van der Waals surface area contributed by atoms with Gasteiger partial charge in [-0.25, -0.2) is 4.39 Å². The quantitative estimate of drug-likeness (QED) is 0.902. The summed E-state index contributed by atoms with van der Waals surface area (Å²) in [6, 6.07) is 4.98. The second kappa shape index (κ2) is 6.22. The molecule has 0 aromatic heterocycles. The summed E-state index contributed by atoms with van der Waals surface area (Å²) in [6.45, 7) is 0. The topological polar surface area (TPSA) is 35.2 Å². The van der Waals surface area contributed by atoms with Crippen molar-refractivity contribution in [3.05, 3.63) is 29.6 Å². The fourth-order valence-electron chi connectivity index (χ4n) is 2.48. The Morgan fingerprint density at radius 2 is 2.00 bits per heavy atom. The van der Waals surface area contributed by atoms with Gasteiger partial charge in [-0.05, 0) is 36.5 Å². The van der Waals surface area contributed by atoms with Crippen molar-refractivity contribution in [3.63, 3.8) is 0 Å². The highest BCUT2D eigenvalue weighted by atomic mass is 35.5. The van der Waals surface area contributed by atoms with Crippen LogP contribution in [-0.4, -0.2) is 7.11 Å². The molecule has 1 fully saturated rings. The number of ether oxygens (including phenoxy) is 1. The number of nitrogens with two attached hydrogens (primary N) is 1. The van der Waals surface area contributed by atoms with E-state index in [-0.39, 0.29) is 30.0 Å². The van der Waals surface area contributed by atoms with Crippen LogP contribution in [0.1, 0.15) is 37.3 Å². The first-order valence-corrected chi connectivity index (χ1v) is 5.81. The van der Waals surface area contributed by atoms with E-state index < -0.39 is 0 Å². The van der Waals surface area contributed by atoms with Crippen molar-refractivity contribution in [3.8, 4) is 5.75 Å². The Balaban J connectivity index is 0.00000144. The van der Waals surface area contributed by atoms with Crippen molar-refractivity contribution in [2.24, 2.45) is 11.7 Å². The maximum atomic E-state index is 13.5. The average molecular weight is 260 g/mol. The first-order valence-electron chi connectivity index (χ1n) is 5.81. The van der Waals surface area contributed by atoms with Crippen LogP contribution < -0.4 is 10.5 Å². The maximum Gasteiger partial charge on any atom is 0.165 e. The van der Waals surface area contributed by atoms with E-state index in [1.165, 1.54) is 26.0 Å². The van der Waals surface area contributed by atoms with E-state index in [9.17, 15) is 4.39 Å². The summed E-state index contributed by atoms with van der Waals surface area (Å²) in [6.07, 6.45) is 4.82. The molecule has 4 heteroatoms. The van der Waals surface area contributed by atoms with E-state index in [0.29, 0.717) is 5.92 Å². The van der Waals surface area contributed by atoms with Crippen LogP contribution in [0, 0.1) is 11.7 Å². The van der Waals surface area contributed by atoms with Gasteiger partial charge >= 0.3 is 0 Å². The van der Waals surface area contributed by atoms with Gasteiger partial charge in [-0.2, -0.15) is 0 Å². The molecular weight excluding hydrogens is 241 g/mol. The first-order chi connectivity index (χ1) is 7.72. The molecule has 0 saturated heterocycles. The summed E-state index contributed by atoms with van der Waals surface area (Å²) in [5.74, 6) is 0.462. The molecule has 96 valence electrons. The summed E-state index contributed by atoms with van der Waals surface area (Å²) in [5.41, 5.74) is 7.03. The molecule has 1 aliphatic rings. The SMILES string of the molecule is COc1ccc([C@H](N)C2CCCC2)cc1F.Cl. The third kappa shape index (κ3) is 3.11. The van der Waals surface area contributed by atoms with E-state index in [1.54, 1.807) is 6.07 Å². The zero-order valence-electron chi connectivity index (χ0n) is 9.99. The maximum absolute atomic E-state index is 13.5. The third-order valence-corrected chi connectivity index (χ3v) is 3.47. The number of methoxy groups -OCH3 is 1. The molecule has 1 aromatic rings. The van der Waals surface area contributed by atoms with Gasteiger partial charge in [0.1, 0.15) is 0 Å². The summed E-state index contributed by atoms with van der Waals surface area (Å²) < 4.78 is 18.4. The van der Waals surface area contributed by atoms with Gasteiger partial charge in [-0.15, -0.1) is 12.4 Å². The van der Waals surface area contributed by atoms with Crippen LogP contribution in [0.25, 0.3) is 0 Å². The number of halogens is 2. The molecule has 1 atom stereocenters. The number of rotatable bonds is 3. The lowest BCUT2D eigenvalue weighted by Gasteiger charge is -2.19. The second-order valence-corrected chi connectivity index (χ2v) is 4.46. The molecule has 0 heterocycles. The van der Waals surface area contributed by atoms with Gasteiger partial charge < -0.3 is 10.5 Å². The van der Waals surface area contributed by atoms with Crippen LogP contribution in [-0.2, 0) is 0 Å². The number of benzene rings is 1. The average Bonchev–Trinajstić information content (AvgIpc) is 2.81. The van der Waals surface area contributed by atoms with E-state index in [4.69, 9.17) is 10.5 Å². The lowest BCUT2D eigenvalue weighted by Crippen LogP contribution is -2.19. The standard InChI is InChI=1S/C13H18FNO.ClH/c1-16-12-7-6-10(8-11(12)14)13(15)9-4-2-3-5-9;/h6-9,13H,2-5,15H2,1H3;1H/t13-;/m1./s1. The molecule has 1 aromatic carbocycles. The third-order valence-electron chi connectivity index (χ3n) is 3.47. The minimum absolute atomic E-state index is 0. The van der Waals surface area contributed by atoms with Gasteiger partial charge in [0.25, 0.3) is 0 Å². The van der Waals surface area contributed by atoms with E-state index in [0.717, 1.165) is 18.4 Å². The molecule has 2 nitrogen and oxygen atoms in total. The minimum atomic E-state index is -0.326. The molecule has 0 unspecified atom stereocenters. The zero-order chi connectivity index (χ0) is 11.5. The fourth-order valence-corrected chi connectivity index (χ4v) is 2.48. The van der Waals surface area contributed by atoms with Crippen molar-refractivity contribution >= 4 is 12.4 Å². The molecule has 0 radical (unpaired) electrons. The summed E-state index contributed by atoms with van der Waals surface area (Å²) in [7, 11) is 1.47. The number of hydrogen-bond acceptors (Lipinski definition) is 2. The Hall–Kier alpha value is -0.800. The molecule has 1 aliphatic carbocycles. The predicted octanol–water partition coefficient (Wildman–Crippen LogP) is 3.45. The number of hydrogen-bond donors (Lipinski definition) is 1. The van der Waals surface area contributed by atoms with Crippen molar-refractivity contribution < 1.29 is 9.13 Å². The van der Waals surface area contributed by atoms with Crippen molar-refractivity contribution in [1.29, 1.82) is 0 Å². The summed E-state index contributed by atoms with van der Waals surface area (Å²) in [4.78, 5) is 0. The Morgan fingerprint density at radius 1 is 1.35 bits per heavy atom. The van der Waals surface area contributed by atoms with Crippen LogP contribution in [0.5, 0.6) is 5.75 Å². The van der Waals surface area contributed by atoms with Crippen molar-refractivity contribution in [1.82, 2.24) is 0 Å². The smallest absolute Gasteiger partial charge is 0.165 e. The summed E-state index contributed by atoms with van der Waals surface area (Å²) >= 11 is 0. The Bertz CT molecular complexity index is 366. The highest BCUT2D eigenvalue weighted by molar-refractivity contribution is 5.85. The van der Waals surface area contributed by atoms with Crippen LogP contribution in [0.4, 0.5) is 4.39 Å². The van der Waals surface area contributed by atoms with Gasteiger partial charge in [0.05, 0.1) is 7.11 Å². The normalized spacial score (nSPS) is 17.6. The largest absolute Gasteiger partial charge is 0.494 e. The molecule has 0 amide bonds. The summed E-state index contributed by atoms with van der Waals surface area (Å²) in [5, 5.41) is 0. The van der Waals surface area contributed by atoms with Gasteiger partial charge in [0.2, 0.25) is 0 Å². The van der Waals surface area contributed by atoms with E-state index in [2.05, 4.69) is 0 Å². The lowest BCUT2D eigenvalue weighted by molar-refractivity contribution is 0.384. The van der Waals surface area contributed by atoms with Gasteiger partial charge in [0, 0.05) is 6.04 Å². The predicted molar refractivity (Wildman–Crippen MR) is 69.1 cm³/mol. The molecular formula is C13H19ClFNO. The minimum Gasteiger partial charge on any atom is -0.494 e. The van der Waals surface area contributed by atoms with Crippen LogP contribution in [0.15, 0.2) is 18.2 Å². The highest BCUT2D eigenvalue weighted by Gasteiger charge is 2.23. The molecule has 0 spiro atoms. The Labute approximate surface area is 108 Å². The van der Waals surface area contributed by atoms with Gasteiger partial charge in [-0.1, -0.05) is 18.9 Å². The molecule has 1 saturated carbocycles. The van der Waals surface area contributed by atoms with Crippen molar-refractivity contribution in [2.45, 2.75) is 31.7 Å². The van der Waals surface area contributed by atoms with E-state index in [1.807, 2.05) is 6.07 Å². The second-order valence-electron chi connectivity index (χ2n) is 4.46. The Morgan fingerprint density at radius 3 is 2.53 bits per heavy atom. The fraction of sp³-hybridized carbons (Fsp3) is 0.538. The van der Waals surface area contributed by atoms with Crippen molar-refractivity contribution in [2.75, 3.05) is 7.11 Å². The zero-order valence-corrected chi connectivity index (χ0v) is 10.8. The van der Waals surface area contributed by atoms with Crippen LogP contribution in [0.2, 0.25) is 0 Å². The van der Waals surface area contributed by atoms with Gasteiger partial charge in [-0.3, -0.25) is 0 Å². The molecule has 0 aliphatic heterocycles. The van der Waals surface area contributed by atoms with Gasteiger partial charge in [0.15, 0.2) is 11.6 Å². The van der Waals surface area contributed by atoms with E-state index >= 15 is 0 Å². The Kier molecular flexibility index (Phi) is 5.22. The van der Waals surface area contributed by atoms with Crippen LogP contribution >= 0.6 is 12.4 Å². The monoisotopic (exact) mass is 259 g/mol. The molecule has 2 rings (SSSR count). The first kappa shape index (κ1) is 14.3. The molecule has 17 heavy (non-hydrogen) atoms.